The third-order valence-corrected chi connectivity index (χ3v) is 1.70. The maximum Gasteiger partial charge on any atom is 0.00465 e. The van der Waals surface area contributed by atoms with Gasteiger partial charge in [0, 0.05) is 25.0 Å². The number of hydrogen-bond acceptors (Lipinski definition) is 3. The van der Waals surface area contributed by atoms with Crippen LogP contribution in [0.25, 0.3) is 0 Å². The molecule has 0 bridgehead atoms. The van der Waals surface area contributed by atoms with Gasteiger partial charge in [0.1, 0.15) is 0 Å². The van der Waals surface area contributed by atoms with Crippen LogP contribution in [0.4, 0.5) is 0 Å². The molecule has 10 heavy (non-hydrogen) atoms. The molecule has 62 valence electrons. The lowest BCUT2D eigenvalue weighted by Gasteiger charge is -2.27. The van der Waals surface area contributed by atoms with E-state index < -0.39 is 0 Å². The SMILES string of the molecule is CNCC(C)(CN)CNC. The highest BCUT2D eigenvalue weighted by Crippen LogP contribution is 2.09. The first kappa shape index (κ1) is 9.88. The highest BCUT2D eigenvalue weighted by Gasteiger charge is 2.19. The lowest BCUT2D eigenvalue weighted by atomic mass is 9.91. The van der Waals surface area contributed by atoms with E-state index in [1.165, 1.54) is 0 Å². The van der Waals surface area contributed by atoms with Gasteiger partial charge in [0.2, 0.25) is 0 Å². The molecule has 0 spiro atoms. The normalized spacial score (nSPS) is 12.0. The Balaban J connectivity index is 3.69. The van der Waals surface area contributed by atoms with Gasteiger partial charge in [-0.3, -0.25) is 0 Å². The molecule has 0 aromatic carbocycles. The van der Waals surface area contributed by atoms with Crippen molar-refractivity contribution in [2.75, 3.05) is 33.7 Å². The fourth-order valence-corrected chi connectivity index (χ4v) is 1.06. The molecule has 0 aromatic rings. The minimum absolute atomic E-state index is 0.198. The van der Waals surface area contributed by atoms with E-state index in [-0.39, 0.29) is 5.41 Å². The molecule has 0 saturated heterocycles. The van der Waals surface area contributed by atoms with Gasteiger partial charge in [-0.1, -0.05) is 6.92 Å². The maximum absolute atomic E-state index is 5.60. The van der Waals surface area contributed by atoms with E-state index in [0.29, 0.717) is 6.54 Å². The molecule has 0 saturated carbocycles. The molecule has 0 aromatic heterocycles. The van der Waals surface area contributed by atoms with Crippen LogP contribution in [0.1, 0.15) is 6.92 Å². The standard InChI is InChI=1S/C7H19N3/c1-7(4-8,5-9-2)6-10-3/h9-10H,4-6,8H2,1-3H3. The molecule has 3 heteroatoms. The maximum atomic E-state index is 5.60. The summed E-state index contributed by atoms with van der Waals surface area (Å²) in [5, 5.41) is 6.25. The van der Waals surface area contributed by atoms with Gasteiger partial charge in [-0.15, -0.1) is 0 Å². The average molecular weight is 145 g/mol. The summed E-state index contributed by atoms with van der Waals surface area (Å²) >= 11 is 0. The molecule has 0 aliphatic heterocycles. The van der Waals surface area contributed by atoms with E-state index in [1.807, 2.05) is 14.1 Å². The molecule has 0 unspecified atom stereocenters. The van der Waals surface area contributed by atoms with Crippen molar-refractivity contribution in [3.8, 4) is 0 Å². The van der Waals surface area contributed by atoms with Crippen LogP contribution in [0.15, 0.2) is 0 Å². The van der Waals surface area contributed by atoms with Gasteiger partial charge in [0.05, 0.1) is 0 Å². The van der Waals surface area contributed by atoms with Crippen LogP contribution in [0.2, 0.25) is 0 Å². The molecule has 0 fully saturated rings. The number of nitrogens with one attached hydrogen (secondary N) is 2. The highest BCUT2D eigenvalue weighted by molar-refractivity contribution is 4.78. The highest BCUT2D eigenvalue weighted by atomic mass is 14.9. The molecular weight excluding hydrogens is 126 g/mol. The molecule has 4 N–H and O–H groups in total. The minimum Gasteiger partial charge on any atom is -0.330 e. The molecule has 0 aliphatic carbocycles. The molecule has 0 atom stereocenters. The summed E-state index contributed by atoms with van der Waals surface area (Å²) in [6.07, 6.45) is 0. The van der Waals surface area contributed by atoms with E-state index in [1.54, 1.807) is 0 Å². The Bertz CT molecular complexity index is 76.9. The topological polar surface area (TPSA) is 50.1 Å². The Morgan fingerprint density at radius 3 is 1.80 bits per heavy atom. The summed E-state index contributed by atoms with van der Waals surface area (Å²) in [5.74, 6) is 0. The third-order valence-electron chi connectivity index (χ3n) is 1.70. The van der Waals surface area contributed by atoms with E-state index in [9.17, 15) is 0 Å². The average Bonchev–Trinajstić information content (AvgIpc) is 1.89. The summed E-state index contributed by atoms with van der Waals surface area (Å²) in [6, 6.07) is 0. The van der Waals surface area contributed by atoms with Crippen molar-refractivity contribution in [2.24, 2.45) is 11.1 Å². The fourth-order valence-electron chi connectivity index (χ4n) is 1.06. The monoisotopic (exact) mass is 145 g/mol. The van der Waals surface area contributed by atoms with E-state index in [2.05, 4.69) is 17.6 Å². The Morgan fingerprint density at radius 2 is 1.60 bits per heavy atom. The predicted molar refractivity (Wildman–Crippen MR) is 45.0 cm³/mol. The zero-order valence-electron chi connectivity index (χ0n) is 7.20. The van der Waals surface area contributed by atoms with Crippen molar-refractivity contribution in [3.63, 3.8) is 0 Å². The molecule has 0 rings (SSSR count). The third kappa shape index (κ3) is 3.15. The zero-order valence-corrected chi connectivity index (χ0v) is 7.20. The van der Waals surface area contributed by atoms with Crippen molar-refractivity contribution >= 4 is 0 Å². The van der Waals surface area contributed by atoms with Crippen LogP contribution >= 0.6 is 0 Å². The van der Waals surface area contributed by atoms with Crippen molar-refractivity contribution in [3.05, 3.63) is 0 Å². The summed E-state index contributed by atoms with van der Waals surface area (Å²) in [5.41, 5.74) is 5.80. The molecule has 0 heterocycles. The molecule has 0 amide bonds. The second-order valence-electron chi connectivity index (χ2n) is 3.08. The van der Waals surface area contributed by atoms with Gasteiger partial charge < -0.3 is 16.4 Å². The van der Waals surface area contributed by atoms with E-state index >= 15 is 0 Å². The summed E-state index contributed by atoms with van der Waals surface area (Å²) in [4.78, 5) is 0. The Kier molecular flexibility index (Phi) is 4.60. The first-order valence-corrected chi connectivity index (χ1v) is 3.68. The van der Waals surface area contributed by atoms with Crippen molar-refractivity contribution in [1.29, 1.82) is 0 Å². The summed E-state index contributed by atoms with van der Waals surface area (Å²) in [7, 11) is 3.90. The summed E-state index contributed by atoms with van der Waals surface area (Å²) < 4.78 is 0. The first-order chi connectivity index (χ1) is 4.68. The Morgan fingerprint density at radius 1 is 1.20 bits per heavy atom. The lowest BCUT2D eigenvalue weighted by molar-refractivity contribution is 0.315. The van der Waals surface area contributed by atoms with Crippen LogP contribution in [0.3, 0.4) is 0 Å². The van der Waals surface area contributed by atoms with Crippen LogP contribution in [-0.4, -0.2) is 33.7 Å². The smallest absolute Gasteiger partial charge is 0.00465 e. The largest absolute Gasteiger partial charge is 0.330 e. The quantitative estimate of drug-likeness (QED) is 0.484. The van der Waals surface area contributed by atoms with Crippen molar-refractivity contribution in [2.45, 2.75) is 6.92 Å². The number of nitrogens with two attached hydrogens (primary N) is 1. The number of rotatable bonds is 5. The van der Waals surface area contributed by atoms with E-state index in [4.69, 9.17) is 5.73 Å². The van der Waals surface area contributed by atoms with Gasteiger partial charge in [-0.05, 0) is 14.1 Å². The van der Waals surface area contributed by atoms with Crippen LogP contribution in [0.5, 0.6) is 0 Å². The predicted octanol–water partition coefficient (Wildman–Crippen LogP) is -0.610. The van der Waals surface area contributed by atoms with Crippen LogP contribution in [0, 0.1) is 5.41 Å². The lowest BCUT2D eigenvalue weighted by Crippen LogP contribution is -2.43. The molecule has 0 aliphatic rings. The van der Waals surface area contributed by atoms with E-state index in [0.717, 1.165) is 13.1 Å². The van der Waals surface area contributed by atoms with Gasteiger partial charge in [0.15, 0.2) is 0 Å². The van der Waals surface area contributed by atoms with Gasteiger partial charge in [-0.2, -0.15) is 0 Å². The van der Waals surface area contributed by atoms with Gasteiger partial charge in [0.25, 0.3) is 0 Å². The molecule has 3 nitrogen and oxygen atoms in total. The first-order valence-electron chi connectivity index (χ1n) is 3.68. The minimum atomic E-state index is 0.198. The summed E-state index contributed by atoms with van der Waals surface area (Å²) in [6.45, 7) is 4.81. The zero-order chi connectivity index (χ0) is 8.04. The van der Waals surface area contributed by atoms with Gasteiger partial charge >= 0.3 is 0 Å². The Hall–Kier alpha value is -0.120. The van der Waals surface area contributed by atoms with Crippen LogP contribution < -0.4 is 16.4 Å². The number of hydrogen-bond donors (Lipinski definition) is 3. The van der Waals surface area contributed by atoms with Crippen molar-refractivity contribution < 1.29 is 0 Å². The molecule has 0 radical (unpaired) electrons. The molecular formula is C7H19N3. The Labute approximate surface area is 63.4 Å². The van der Waals surface area contributed by atoms with Gasteiger partial charge in [-0.25, -0.2) is 0 Å². The second kappa shape index (κ2) is 4.66. The van der Waals surface area contributed by atoms with Crippen molar-refractivity contribution in [1.82, 2.24) is 10.6 Å². The second-order valence-corrected chi connectivity index (χ2v) is 3.08. The fraction of sp³-hybridized carbons (Fsp3) is 1.00. The van der Waals surface area contributed by atoms with Crippen LogP contribution in [-0.2, 0) is 0 Å².